The van der Waals surface area contributed by atoms with Gasteiger partial charge in [-0.25, -0.2) is 5.43 Å². The molecule has 2 amide bonds. The summed E-state index contributed by atoms with van der Waals surface area (Å²) in [6.45, 7) is 2.03. The summed E-state index contributed by atoms with van der Waals surface area (Å²) in [5.74, 6) is -0.852. The van der Waals surface area contributed by atoms with Crippen molar-refractivity contribution in [1.29, 1.82) is 0 Å². The van der Waals surface area contributed by atoms with Gasteiger partial charge in [-0.1, -0.05) is 53.5 Å². The van der Waals surface area contributed by atoms with Crippen molar-refractivity contribution in [2.75, 3.05) is 12.4 Å². The van der Waals surface area contributed by atoms with Gasteiger partial charge in [0.1, 0.15) is 6.61 Å². The number of para-hydroxylation sites is 2. The first kappa shape index (κ1) is 24.1. The lowest BCUT2D eigenvalue weighted by Crippen LogP contribution is -2.32. The molecule has 3 aromatic carbocycles. The summed E-state index contributed by atoms with van der Waals surface area (Å²) < 4.78 is 11.3. The van der Waals surface area contributed by atoms with Gasteiger partial charge in [0.15, 0.2) is 11.5 Å². The van der Waals surface area contributed by atoms with Gasteiger partial charge in [-0.3, -0.25) is 9.59 Å². The van der Waals surface area contributed by atoms with E-state index in [0.717, 1.165) is 11.1 Å². The van der Waals surface area contributed by atoms with E-state index in [9.17, 15) is 9.59 Å². The van der Waals surface area contributed by atoms with Crippen molar-refractivity contribution >= 4 is 46.9 Å². The quantitative estimate of drug-likeness (QED) is 0.280. The summed E-state index contributed by atoms with van der Waals surface area (Å²) in [4.78, 5) is 24.2. The third kappa shape index (κ3) is 6.47. The number of ether oxygens (including phenoxy) is 2. The minimum Gasteiger partial charge on any atom is -0.493 e. The topological polar surface area (TPSA) is 89.0 Å². The molecule has 0 saturated carbocycles. The molecule has 0 heterocycles. The molecule has 0 aromatic heterocycles. The zero-order chi connectivity index (χ0) is 23.8. The molecule has 0 atom stereocenters. The Morgan fingerprint density at radius 2 is 1.79 bits per heavy atom. The van der Waals surface area contributed by atoms with E-state index in [2.05, 4.69) is 15.8 Å². The van der Waals surface area contributed by atoms with Gasteiger partial charge >= 0.3 is 11.8 Å². The number of methoxy groups -OCH3 is 1. The smallest absolute Gasteiger partial charge is 0.329 e. The maximum atomic E-state index is 12.1. The number of rotatable bonds is 7. The number of halogens is 2. The third-order valence-corrected chi connectivity index (χ3v) is 5.30. The lowest BCUT2D eigenvalue weighted by atomic mass is 10.2. The first-order valence-electron chi connectivity index (χ1n) is 9.82. The van der Waals surface area contributed by atoms with Gasteiger partial charge in [0.2, 0.25) is 0 Å². The molecular formula is C24H21Cl2N3O4. The lowest BCUT2D eigenvalue weighted by molar-refractivity contribution is -0.136. The first-order valence-corrected chi connectivity index (χ1v) is 10.6. The highest BCUT2D eigenvalue weighted by atomic mass is 35.5. The number of amides is 2. The predicted octanol–water partition coefficient (Wildman–Crippen LogP) is 4.98. The van der Waals surface area contributed by atoms with Crippen LogP contribution in [0.4, 0.5) is 5.69 Å². The Morgan fingerprint density at radius 3 is 2.52 bits per heavy atom. The summed E-state index contributed by atoms with van der Waals surface area (Å²) in [7, 11) is 1.51. The minimum absolute atomic E-state index is 0.198. The fourth-order valence-corrected chi connectivity index (χ4v) is 3.16. The normalized spacial score (nSPS) is 10.7. The largest absolute Gasteiger partial charge is 0.493 e. The van der Waals surface area contributed by atoms with Crippen LogP contribution in [0.3, 0.4) is 0 Å². The van der Waals surface area contributed by atoms with Gasteiger partial charge in [0.25, 0.3) is 0 Å². The van der Waals surface area contributed by atoms with Crippen molar-refractivity contribution < 1.29 is 19.1 Å². The van der Waals surface area contributed by atoms with E-state index in [1.807, 2.05) is 19.1 Å². The van der Waals surface area contributed by atoms with Crippen LogP contribution in [0.25, 0.3) is 0 Å². The second-order valence-electron chi connectivity index (χ2n) is 6.88. The van der Waals surface area contributed by atoms with Crippen LogP contribution in [0.15, 0.2) is 65.8 Å². The number of hydrogen-bond donors (Lipinski definition) is 2. The molecule has 0 unspecified atom stereocenters. The van der Waals surface area contributed by atoms with Gasteiger partial charge in [-0.05, 0) is 48.4 Å². The maximum Gasteiger partial charge on any atom is 0.329 e. The summed E-state index contributed by atoms with van der Waals surface area (Å²) in [6, 6.07) is 17.5. The summed E-state index contributed by atoms with van der Waals surface area (Å²) >= 11 is 12.0. The fourth-order valence-electron chi connectivity index (χ4n) is 2.84. The number of benzene rings is 3. The Morgan fingerprint density at radius 1 is 1.00 bits per heavy atom. The number of carbonyl (C=O) groups is 2. The molecule has 0 spiro atoms. The molecule has 0 saturated heterocycles. The number of anilines is 1. The van der Waals surface area contributed by atoms with E-state index in [1.165, 1.54) is 13.3 Å². The molecule has 0 aliphatic heterocycles. The van der Waals surface area contributed by atoms with Crippen molar-refractivity contribution in [3.8, 4) is 11.5 Å². The van der Waals surface area contributed by atoms with Crippen molar-refractivity contribution in [2.45, 2.75) is 13.5 Å². The van der Waals surface area contributed by atoms with E-state index in [0.29, 0.717) is 32.8 Å². The summed E-state index contributed by atoms with van der Waals surface area (Å²) in [5, 5.41) is 7.30. The Hall–Kier alpha value is -3.55. The molecule has 9 heteroatoms. The molecular weight excluding hydrogens is 465 g/mol. The number of hydrazone groups is 1. The molecule has 0 aliphatic rings. The highest BCUT2D eigenvalue weighted by Crippen LogP contribution is 2.31. The van der Waals surface area contributed by atoms with Gasteiger partial charge in [0, 0.05) is 11.3 Å². The summed E-state index contributed by atoms with van der Waals surface area (Å²) in [5.41, 5.74) is 4.94. The molecule has 33 heavy (non-hydrogen) atoms. The van der Waals surface area contributed by atoms with Crippen LogP contribution in [0, 0.1) is 6.92 Å². The van der Waals surface area contributed by atoms with Crippen LogP contribution in [-0.2, 0) is 16.2 Å². The van der Waals surface area contributed by atoms with E-state index >= 15 is 0 Å². The van der Waals surface area contributed by atoms with Crippen LogP contribution < -0.4 is 20.2 Å². The highest BCUT2D eigenvalue weighted by Gasteiger charge is 2.14. The molecule has 2 N–H and O–H groups in total. The van der Waals surface area contributed by atoms with Crippen molar-refractivity contribution in [1.82, 2.24) is 5.43 Å². The van der Waals surface area contributed by atoms with Gasteiger partial charge < -0.3 is 14.8 Å². The predicted molar refractivity (Wildman–Crippen MR) is 129 cm³/mol. The van der Waals surface area contributed by atoms with Crippen LogP contribution in [-0.4, -0.2) is 25.1 Å². The molecule has 0 radical (unpaired) electrons. The minimum atomic E-state index is -0.907. The van der Waals surface area contributed by atoms with Crippen LogP contribution in [0.2, 0.25) is 10.0 Å². The van der Waals surface area contributed by atoms with Gasteiger partial charge in [-0.2, -0.15) is 5.10 Å². The van der Waals surface area contributed by atoms with E-state index in [1.54, 1.807) is 48.5 Å². The average molecular weight is 486 g/mol. The number of nitrogens with zero attached hydrogens (tertiary/aromatic N) is 1. The Bertz CT molecular complexity index is 1200. The molecule has 0 aliphatic carbocycles. The second-order valence-corrected chi connectivity index (χ2v) is 7.70. The first-order chi connectivity index (χ1) is 15.9. The van der Waals surface area contributed by atoms with Crippen molar-refractivity contribution in [3.63, 3.8) is 0 Å². The van der Waals surface area contributed by atoms with Crippen LogP contribution in [0.1, 0.15) is 16.7 Å². The summed E-state index contributed by atoms with van der Waals surface area (Å²) in [6.07, 6.45) is 1.37. The van der Waals surface area contributed by atoms with E-state index in [4.69, 9.17) is 32.7 Å². The number of nitrogens with one attached hydrogen (secondary N) is 2. The van der Waals surface area contributed by atoms with Gasteiger partial charge in [0.05, 0.1) is 23.4 Å². The molecule has 0 bridgehead atoms. The fraction of sp³-hybridized carbons (Fsp3) is 0.125. The molecule has 3 rings (SSSR count). The Kier molecular flexibility index (Phi) is 8.29. The standard InChI is InChI=1S/C24H21Cl2N3O4/c1-15-6-3-4-8-20(15)28-23(30)24(31)29-27-13-17-7-5-9-21(32-2)22(17)33-14-16-10-11-18(25)19(26)12-16/h3-13H,14H2,1-2H3,(H,28,30)(H,29,31)/b27-13-. The van der Waals surface area contributed by atoms with E-state index < -0.39 is 11.8 Å². The van der Waals surface area contributed by atoms with Crippen molar-refractivity contribution in [3.05, 3.63) is 87.4 Å². The number of hydrogen-bond acceptors (Lipinski definition) is 5. The number of carbonyl (C=O) groups excluding carboxylic acids is 2. The SMILES string of the molecule is COc1cccc(/C=N\NC(=O)C(=O)Nc2ccccc2C)c1OCc1ccc(Cl)c(Cl)c1. The van der Waals surface area contributed by atoms with Crippen LogP contribution in [0.5, 0.6) is 11.5 Å². The van der Waals surface area contributed by atoms with Crippen molar-refractivity contribution in [2.24, 2.45) is 5.10 Å². The number of aryl methyl sites for hydroxylation is 1. The molecule has 3 aromatic rings. The molecule has 7 nitrogen and oxygen atoms in total. The molecule has 170 valence electrons. The van der Waals surface area contributed by atoms with Crippen LogP contribution >= 0.6 is 23.2 Å². The molecule has 0 fully saturated rings. The Balaban J connectivity index is 1.68. The van der Waals surface area contributed by atoms with Gasteiger partial charge in [-0.15, -0.1) is 0 Å². The zero-order valence-corrected chi connectivity index (χ0v) is 19.4. The third-order valence-electron chi connectivity index (χ3n) is 4.57. The second kappa shape index (κ2) is 11.4. The lowest BCUT2D eigenvalue weighted by Gasteiger charge is -2.13. The Labute approximate surface area is 201 Å². The highest BCUT2D eigenvalue weighted by molar-refractivity contribution is 6.42. The maximum absolute atomic E-state index is 12.1. The monoisotopic (exact) mass is 485 g/mol. The zero-order valence-electron chi connectivity index (χ0n) is 17.9. The average Bonchev–Trinajstić information content (AvgIpc) is 2.81. The van der Waals surface area contributed by atoms with E-state index in [-0.39, 0.29) is 6.61 Å².